The Hall–Kier alpha value is -0.834. The van der Waals surface area contributed by atoms with E-state index in [4.69, 9.17) is 2.74 Å². The van der Waals surface area contributed by atoms with Crippen molar-refractivity contribution in [1.29, 1.82) is 0 Å². The van der Waals surface area contributed by atoms with Gasteiger partial charge in [-0.25, -0.2) is 0 Å². The van der Waals surface area contributed by atoms with Crippen molar-refractivity contribution >= 4 is 13.3 Å². The molecule has 0 fully saturated rings. The Morgan fingerprint density at radius 1 is 1.26 bits per heavy atom. The minimum atomic E-state index is -1.77. The van der Waals surface area contributed by atoms with Crippen LogP contribution in [0, 0.1) is 17.3 Å². The number of halogens is 1. The maximum Gasteiger partial charge on any atom is 0.0798 e. The van der Waals surface area contributed by atoms with Gasteiger partial charge in [-0.15, -0.1) is 29.8 Å². The van der Waals surface area contributed by atoms with E-state index >= 15 is 0 Å². The van der Waals surface area contributed by atoms with E-state index in [-0.39, 0.29) is 25.9 Å². The van der Waals surface area contributed by atoms with E-state index in [2.05, 4.69) is 30.7 Å². The Morgan fingerprint density at radius 3 is 2.39 bits per heavy atom. The first-order valence-corrected chi connectivity index (χ1v) is 11.0. The molecule has 1 aromatic carbocycles. The Kier molecular flexibility index (Phi) is 5.45. The smallest absolute Gasteiger partial charge is 0.0798 e. The molecule has 0 N–H and O–H groups in total. The second kappa shape index (κ2) is 7.37. The fourth-order valence-electron chi connectivity index (χ4n) is 2.27. The molecule has 0 saturated heterocycles. The Balaban J connectivity index is 0.00000312. The van der Waals surface area contributed by atoms with Crippen LogP contribution >= 0.6 is 0 Å². The number of hydrogen-bond acceptors (Lipinski definition) is 1. The van der Waals surface area contributed by atoms with Crippen molar-refractivity contribution in [3.8, 4) is 11.3 Å². The minimum absolute atomic E-state index is 0. The van der Waals surface area contributed by atoms with Crippen LogP contribution in [0.25, 0.3) is 11.3 Å². The zero-order valence-electron chi connectivity index (χ0n) is 16.5. The number of pyridine rings is 1. The summed E-state index contributed by atoms with van der Waals surface area (Å²) in [6.45, 7) is 12.3. The van der Waals surface area contributed by atoms with Crippen molar-refractivity contribution < 1.29 is 27.2 Å². The van der Waals surface area contributed by atoms with Crippen LogP contribution < -0.4 is 5.19 Å². The molecule has 0 saturated carbocycles. The number of rotatable bonds is 3. The molecule has 1 heterocycles. The molecule has 0 amide bonds. The van der Waals surface area contributed by atoms with E-state index in [0.717, 1.165) is 5.19 Å². The predicted molar refractivity (Wildman–Crippen MR) is 94.6 cm³/mol. The molecule has 1 nitrogen and oxygen atoms in total. The van der Waals surface area contributed by atoms with Gasteiger partial charge >= 0.3 is 0 Å². The topological polar surface area (TPSA) is 12.9 Å². The summed E-state index contributed by atoms with van der Waals surface area (Å²) in [6, 6.07) is 8.98. The van der Waals surface area contributed by atoms with E-state index in [1.807, 2.05) is 26.8 Å². The van der Waals surface area contributed by atoms with Gasteiger partial charge in [-0.3, -0.25) is 4.39 Å². The largest absolute Gasteiger partial charge is 0.305 e. The molecule has 0 unspecified atom stereocenters. The van der Waals surface area contributed by atoms with E-state index in [1.54, 1.807) is 12.3 Å². The summed E-state index contributed by atoms with van der Waals surface area (Å²) >= 11 is 0. The first-order chi connectivity index (χ1) is 10.8. The molecular weight excluding hydrogens is 482 g/mol. The number of benzene rings is 1. The van der Waals surface area contributed by atoms with Crippen molar-refractivity contribution in [1.82, 2.24) is 4.98 Å². The second-order valence-corrected chi connectivity index (χ2v) is 12.7. The Morgan fingerprint density at radius 2 is 1.91 bits per heavy atom. The quantitative estimate of drug-likeness (QED) is 0.428. The van der Waals surface area contributed by atoms with Gasteiger partial charge < -0.3 is 4.98 Å². The maximum atomic E-state index is 13.1. The van der Waals surface area contributed by atoms with Gasteiger partial charge in [0.25, 0.3) is 0 Å². The Bertz CT molecular complexity index is 735. The van der Waals surface area contributed by atoms with Crippen molar-refractivity contribution in [2.45, 2.75) is 46.8 Å². The minimum Gasteiger partial charge on any atom is -0.305 e. The summed E-state index contributed by atoms with van der Waals surface area (Å²) in [5.74, 6) is -0.345. The second-order valence-electron chi connectivity index (χ2n) is 7.66. The summed E-state index contributed by atoms with van der Waals surface area (Å²) in [5, 5.41) is 1.02. The van der Waals surface area contributed by atoms with Gasteiger partial charge in [0.15, 0.2) is 0 Å². The third kappa shape index (κ3) is 5.63. The van der Waals surface area contributed by atoms with Gasteiger partial charge in [0.05, 0.1) is 8.07 Å². The van der Waals surface area contributed by atoms with Crippen LogP contribution in [0.3, 0.4) is 0 Å². The molecular formula is C19H25FIrNSi-. The van der Waals surface area contributed by atoms with Crippen LogP contribution in [0.4, 0.5) is 4.39 Å². The first kappa shape index (κ1) is 17.0. The average molecular weight is 509 g/mol. The third-order valence-electron chi connectivity index (χ3n) is 3.27. The Labute approximate surface area is 156 Å². The number of nitrogens with zero attached hydrogens (tertiary/aromatic N) is 1. The van der Waals surface area contributed by atoms with Gasteiger partial charge in [0.1, 0.15) is 0 Å². The molecule has 0 spiro atoms. The molecule has 0 bridgehead atoms. The molecule has 4 heteroatoms. The molecule has 2 aromatic rings. The summed E-state index contributed by atoms with van der Waals surface area (Å²) < 4.78 is 30.6. The van der Waals surface area contributed by atoms with Gasteiger partial charge in [0, 0.05) is 34.9 Å². The molecule has 0 atom stereocenters. The molecule has 127 valence electrons. The molecule has 0 aliphatic heterocycles. The summed E-state index contributed by atoms with van der Waals surface area (Å²) in [5.41, 5.74) is 1.44. The van der Waals surface area contributed by atoms with Crippen molar-refractivity contribution in [2.75, 3.05) is 0 Å². The summed E-state index contributed by atoms with van der Waals surface area (Å²) in [4.78, 5) is 4.52. The van der Waals surface area contributed by atoms with Crippen LogP contribution in [0.15, 0.2) is 30.5 Å². The monoisotopic (exact) mass is 509 g/mol. The van der Waals surface area contributed by atoms with Crippen molar-refractivity contribution in [3.05, 3.63) is 47.9 Å². The fraction of sp³-hybridized carbons (Fsp3) is 0.421. The molecule has 23 heavy (non-hydrogen) atoms. The van der Waals surface area contributed by atoms with Crippen LogP contribution in [-0.4, -0.2) is 13.1 Å². The zero-order valence-corrected chi connectivity index (χ0v) is 17.9. The normalized spacial score (nSPS) is 13.9. The zero-order chi connectivity index (χ0) is 18.3. The summed E-state index contributed by atoms with van der Waals surface area (Å²) in [7, 11) is -1.77. The van der Waals surface area contributed by atoms with Gasteiger partial charge in [-0.2, -0.15) is 0 Å². The van der Waals surface area contributed by atoms with Gasteiger partial charge in [-0.05, 0) is 22.7 Å². The van der Waals surface area contributed by atoms with Crippen LogP contribution in [-0.2, 0) is 26.5 Å². The molecule has 1 aromatic heterocycles. The van der Waals surface area contributed by atoms with Crippen molar-refractivity contribution in [2.24, 2.45) is 5.41 Å². The van der Waals surface area contributed by atoms with Crippen LogP contribution in [0.2, 0.25) is 19.6 Å². The van der Waals surface area contributed by atoms with Crippen LogP contribution in [0.5, 0.6) is 0 Å². The van der Waals surface area contributed by atoms with Gasteiger partial charge in [-0.1, -0.05) is 52.0 Å². The molecule has 1 radical (unpaired) electrons. The third-order valence-corrected chi connectivity index (χ3v) is 5.29. The standard InChI is InChI=1S/C19H25FNSi.Ir/c1-19(2,3)12-15-11-17(14-7-9-16(20)10-8-14)21-13-18(15)22(4,5)6;/h7,9-11,13H,12H2,1-6H3;/q-1;/i12D2;. The van der Waals surface area contributed by atoms with Gasteiger partial charge in [0.2, 0.25) is 0 Å². The van der Waals surface area contributed by atoms with Crippen LogP contribution in [0.1, 0.15) is 29.1 Å². The summed E-state index contributed by atoms with van der Waals surface area (Å²) in [6.07, 6.45) is 0.304. The number of hydrogen-bond donors (Lipinski definition) is 0. The first-order valence-electron chi connectivity index (χ1n) is 8.52. The van der Waals surface area contributed by atoms with E-state index < -0.39 is 19.9 Å². The SMILES string of the molecule is [2H]C([2H])(c1cc(-c2[c-]cc(F)cc2)ncc1[Si](C)(C)C)C(C)(C)C.[Ir]. The molecule has 2 rings (SSSR count). The maximum absolute atomic E-state index is 13.1. The average Bonchev–Trinajstić information content (AvgIpc) is 2.45. The van der Waals surface area contributed by atoms with E-state index in [1.165, 1.54) is 12.1 Å². The molecule has 0 aliphatic rings. The fourth-order valence-corrected chi connectivity index (χ4v) is 3.67. The predicted octanol–water partition coefficient (Wildman–Crippen LogP) is 4.82. The van der Waals surface area contributed by atoms with E-state index in [9.17, 15) is 4.39 Å². The molecule has 0 aliphatic carbocycles. The van der Waals surface area contributed by atoms with E-state index in [0.29, 0.717) is 16.8 Å². The van der Waals surface area contributed by atoms with Crippen molar-refractivity contribution in [3.63, 3.8) is 0 Å². The number of aromatic nitrogens is 1.